The van der Waals surface area contributed by atoms with Crippen molar-refractivity contribution in [3.05, 3.63) is 108 Å². The molecular weight excluding hydrogens is 655 g/mol. The number of hydrogen-bond donors (Lipinski definition) is 0. The summed E-state index contributed by atoms with van der Waals surface area (Å²) in [7, 11) is 0. The average Bonchev–Trinajstić information content (AvgIpc) is 3.01. The van der Waals surface area contributed by atoms with Crippen molar-refractivity contribution in [2.45, 2.75) is 48.4 Å². The van der Waals surface area contributed by atoms with Crippen molar-refractivity contribution >= 4 is 57.2 Å². The first-order chi connectivity index (χ1) is 20.8. The summed E-state index contributed by atoms with van der Waals surface area (Å²) >= 11 is 0.149. The van der Waals surface area contributed by atoms with E-state index in [0.29, 0.717) is 12.2 Å². The summed E-state index contributed by atoms with van der Waals surface area (Å²) in [6.45, 7) is 4.76. The molecule has 0 bridgehead atoms. The molecule has 0 aliphatic heterocycles. The van der Waals surface area contributed by atoms with Gasteiger partial charge >= 0.3 is 81.5 Å². The number of carboxylic acids is 2. The standard InChI is InChI=1S/2C13H12O4.2C4H9.Sn/c2*14-12(15)8-9-13(16)17-10-4-7-11-5-2-1-3-6-11;2*1-3-4-2;/h2*1-9H,10H2,(H,14,15);2*1,3-4H2,2H3;/q;;;;+2/p-2/b2*7-4?,9-8-;;;. The number of carbonyl (C=O) groups is 4. The largest absolute Gasteiger partial charge is 0.545 e. The average molecular weight is 695 g/mol. The molecule has 2 aromatic rings. The fraction of sp³-hybridized carbons (Fsp3) is 0.294. The minimum Gasteiger partial charge on any atom is -0.545 e. The summed E-state index contributed by atoms with van der Waals surface area (Å²) in [5.74, 6) is -4.29. The third kappa shape index (κ3) is 28.0. The van der Waals surface area contributed by atoms with Gasteiger partial charge in [-0.25, -0.2) is 9.59 Å². The summed E-state index contributed by atoms with van der Waals surface area (Å²) in [4.78, 5) is 41.8. The maximum absolute atomic E-state index is 10.9. The Morgan fingerprint density at radius 2 is 1.00 bits per heavy atom. The third-order valence-corrected chi connectivity index (χ3v) is 9.02. The normalized spacial score (nSPS) is 10.5. The molecular formula is C34H40O8Sn. The molecule has 0 atom stereocenters. The number of rotatable bonds is 16. The second-order valence-electron chi connectivity index (χ2n) is 8.65. The van der Waals surface area contributed by atoms with E-state index in [1.165, 1.54) is 25.7 Å². The summed E-state index contributed by atoms with van der Waals surface area (Å²) in [6.07, 6.45) is 15.7. The van der Waals surface area contributed by atoms with Crippen LogP contribution in [0, 0.1) is 0 Å². The molecule has 0 N–H and O–H groups in total. The first-order valence-electron chi connectivity index (χ1n) is 14.0. The van der Waals surface area contributed by atoms with Gasteiger partial charge in [-0.2, -0.15) is 0 Å². The first-order valence-corrected chi connectivity index (χ1v) is 18.1. The topological polar surface area (TPSA) is 133 Å². The van der Waals surface area contributed by atoms with E-state index >= 15 is 0 Å². The van der Waals surface area contributed by atoms with Crippen LogP contribution >= 0.6 is 0 Å². The molecule has 9 heteroatoms. The van der Waals surface area contributed by atoms with Gasteiger partial charge in [0.05, 0.1) is 11.9 Å². The van der Waals surface area contributed by atoms with Crippen LogP contribution in [0.4, 0.5) is 0 Å². The van der Waals surface area contributed by atoms with Crippen LogP contribution in [-0.2, 0) is 28.7 Å². The van der Waals surface area contributed by atoms with E-state index in [2.05, 4.69) is 13.8 Å². The molecule has 0 fully saturated rings. The Labute approximate surface area is 265 Å². The van der Waals surface area contributed by atoms with E-state index < -0.39 is 23.9 Å². The fourth-order valence-electron chi connectivity index (χ4n) is 2.85. The zero-order valence-electron chi connectivity index (χ0n) is 24.8. The number of carboxylic acid groups (broad SMARTS) is 2. The monoisotopic (exact) mass is 696 g/mol. The number of hydrogen-bond acceptors (Lipinski definition) is 8. The SMILES string of the molecule is CCC[CH2][Sn+2][CH2]CCC.O=C([O-])/C=C\C(=O)OCC=Cc1ccccc1.O=C([O-])/C=C\C(=O)OCC=Cc1ccccc1. The molecule has 0 heterocycles. The number of esters is 2. The second kappa shape index (κ2) is 28.2. The van der Waals surface area contributed by atoms with Crippen LogP contribution in [-0.4, -0.2) is 58.2 Å². The van der Waals surface area contributed by atoms with E-state index in [1.807, 2.05) is 60.7 Å². The van der Waals surface area contributed by atoms with E-state index in [9.17, 15) is 29.4 Å². The Hall–Kier alpha value is -3.92. The molecule has 0 spiro atoms. The predicted molar refractivity (Wildman–Crippen MR) is 166 cm³/mol. The molecule has 0 saturated carbocycles. The van der Waals surface area contributed by atoms with Gasteiger partial charge in [0.25, 0.3) is 0 Å². The molecule has 0 saturated heterocycles. The third-order valence-electron chi connectivity index (χ3n) is 4.99. The van der Waals surface area contributed by atoms with Crippen LogP contribution in [0.3, 0.4) is 0 Å². The van der Waals surface area contributed by atoms with Gasteiger partial charge in [-0.1, -0.05) is 72.8 Å². The van der Waals surface area contributed by atoms with Gasteiger partial charge in [0.1, 0.15) is 13.2 Å². The zero-order chi connectivity index (χ0) is 32.0. The predicted octanol–water partition coefficient (Wildman–Crippen LogP) is 4.23. The van der Waals surface area contributed by atoms with E-state index in [1.54, 1.807) is 33.2 Å². The van der Waals surface area contributed by atoms with E-state index in [4.69, 9.17) is 9.47 Å². The van der Waals surface area contributed by atoms with Gasteiger partial charge in [0.15, 0.2) is 0 Å². The zero-order valence-corrected chi connectivity index (χ0v) is 27.7. The van der Waals surface area contributed by atoms with E-state index in [0.717, 1.165) is 23.3 Å². The van der Waals surface area contributed by atoms with Crippen molar-refractivity contribution in [2.75, 3.05) is 13.2 Å². The van der Waals surface area contributed by atoms with Crippen LogP contribution in [0.1, 0.15) is 50.7 Å². The molecule has 43 heavy (non-hydrogen) atoms. The van der Waals surface area contributed by atoms with Gasteiger partial charge in [-0.3, -0.25) is 0 Å². The first kappa shape index (κ1) is 39.1. The molecule has 0 unspecified atom stereocenters. The second-order valence-corrected chi connectivity index (χ2v) is 12.9. The fourth-order valence-corrected chi connectivity index (χ4v) is 7.01. The summed E-state index contributed by atoms with van der Waals surface area (Å²) in [5, 5.41) is 20.0. The van der Waals surface area contributed by atoms with Crippen LogP contribution in [0.2, 0.25) is 8.87 Å². The molecule has 2 rings (SSSR count). The minimum atomic E-state index is -1.43. The summed E-state index contributed by atoms with van der Waals surface area (Å²) in [6, 6.07) is 19.0. The maximum Gasteiger partial charge on any atom is 0.331 e. The summed E-state index contributed by atoms with van der Waals surface area (Å²) in [5.41, 5.74) is 1.99. The Bertz CT molecular complexity index is 1060. The Morgan fingerprint density at radius 1 is 0.628 bits per heavy atom. The maximum atomic E-state index is 10.9. The van der Waals surface area contributed by atoms with Gasteiger partial charge < -0.3 is 29.3 Å². The molecule has 0 aromatic heterocycles. The van der Waals surface area contributed by atoms with Crippen molar-refractivity contribution in [1.29, 1.82) is 0 Å². The van der Waals surface area contributed by atoms with Crippen molar-refractivity contribution in [3.63, 3.8) is 0 Å². The molecule has 0 aliphatic carbocycles. The molecule has 0 amide bonds. The van der Waals surface area contributed by atoms with Crippen molar-refractivity contribution < 1.29 is 38.9 Å². The minimum absolute atomic E-state index is 0.0884. The number of unbranched alkanes of at least 4 members (excludes halogenated alkanes) is 2. The number of benzene rings is 2. The molecule has 0 aliphatic rings. The van der Waals surface area contributed by atoms with Gasteiger partial charge in [0, 0.05) is 12.2 Å². The number of ether oxygens (including phenoxy) is 2. The Balaban J connectivity index is 0.000000648. The van der Waals surface area contributed by atoms with Crippen LogP contribution in [0.25, 0.3) is 12.2 Å². The molecule has 228 valence electrons. The van der Waals surface area contributed by atoms with Crippen LogP contribution in [0.15, 0.2) is 97.1 Å². The smallest absolute Gasteiger partial charge is 0.331 e. The molecule has 0 radical (unpaired) electrons. The van der Waals surface area contributed by atoms with Crippen LogP contribution in [0.5, 0.6) is 0 Å². The van der Waals surface area contributed by atoms with Crippen molar-refractivity contribution in [3.8, 4) is 0 Å². The van der Waals surface area contributed by atoms with Gasteiger partial charge in [-0.05, 0) is 35.4 Å². The number of carbonyl (C=O) groups excluding carboxylic acids is 4. The van der Waals surface area contributed by atoms with E-state index in [-0.39, 0.29) is 34.4 Å². The van der Waals surface area contributed by atoms with Gasteiger partial charge in [0.2, 0.25) is 0 Å². The summed E-state index contributed by atoms with van der Waals surface area (Å²) < 4.78 is 12.7. The van der Waals surface area contributed by atoms with Crippen LogP contribution < -0.4 is 10.2 Å². The Kier molecular flexibility index (Phi) is 25.6. The quantitative estimate of drug-likeness (QED) is 0.110. The Morgan fingerprint density at radius 3 is 1.33 bits per heavy atom. The van der Waals surface area contributed by atoms with Gasteiger partial charge in [-0.15, -0.1) is 0 Å². The van der Waals surface area contributed by atoms with Crippen molar-refractivity contribution in [2.24, 2.45) is 0 Å². The molecule has 8 nitrogen and oxygen atoms in total. The van der Waals surface area contributed by atoms with Crippen molar-refractivity contribution in [1.82, 2.24) is 0 Å². The molecule has 2 aromatic carbocycles. The number of aliphatic carboxylic acids is 2.